The highest BCUT2D eigenvalue weighted by atomic mass is 32.1. The third-order valence-electron chi connectivity index (χ3n) is 5.76. The van der Waals surface area contributed by atoms with Crippen LogP contribution in [0.15, 0.2) is 35.0 Å². The monoisotopic (exact) mass is 470 g/mol. The highest BCUT2D eigenvalue weighted by molar-refractivity contribution is 7.08. The maximum atomic E-state index is 12.1. The van der Waals surface area contributed by atoms with E-state index in [1.54, 1.807) is 16.2 Å². The number of hydrogen-bond donors (Lipinski definition) is 3. The average molecular weight is 471 g/mol. The second kappa shape index (κ2) is 9.91. The third-order valence-corrected chi connectivity index (χ3v) is 6.44. The number of anilines is 1. The number of amides is 1. The van der Waals surface area contributed by atoms with E-state index in [4.69, 9.17) is 9.90 Å². The van der Waals surface area contributed by atoms with Crippen LogP contribution >= 0.6 is 11.3 Å². The first-order chi connectivity index (χ1) is 15.0. The molecular formula is C22H25F3N2O4S. The maximum absolute atomic E-state index is 12.1. The van der Waals surface area contributed by atoms with E-state index in [1.807, 2.05) is 18.4 Å². The fourth-order valence-electron chi connectivity index (χ4n) is 4.39. The molecule has 2 saturated heterocycles. The molecule has 0 spiro atoms. The predicted molar refractivity (Wildman–Crippen MR) is 116 cm³/mol. The molecule has 2 aliphatic heterocycles. The number of piperidine rings is 1. The van der Waals surface area contributed by atoms with E-state index in [2.05, 4.69) is 28.9 Å². The van der Waals surface area contributed by atoms with Gasteiger partial charge >= 0.3 is 18.2 Å². The average Bonchev–Trinajstić information content (AvgIpc) is 3.35. The lowest BCUT2D eigenvalue weighted by Crippen LogP contribution is -2.43. The van der Waals surface area contributed by atoms with Gasteiger partial charge in [0.25, 0.3) is 0 Å². The van der Waals surface area contributed by atoms with Gasteiger partial charge < -0.3 is 15.5 Å². The number of rotatable bonds is 4. The van der Waals surface area contributed by atoms with Crippen molar-refractivity contribution in [2.24, 2.45) is 5.92 Å². The van der Waals surface area contributed by atoms with Crippen LogP contribution in [0.5, 0.6) is 0 Å². The van der Waals surface area contributed by atoms with Gasteiger partial charge in [0.15, 0.2) is 0 Å². The van der Waals surface area contributed by atoms with Crippen LogP contribution in [0.4, 0.5) is 23.7 Å². The molecule has 0 aliphatic carbocycles. The second-order valence-corrected chi connectivity index (χ2v) is 8.98. The number of alkyl halides is 3. The van der Waals surface area contributed by atoms with Gasteiger partial charge in [-0.15, -0.1) is 0 Å². The summed E-state index contributed by atoms with van der Waals surface area (Å²) in [6.07, 6.45) is -1.30. The van der Waals surface area contributed by atoms with Gasteiger partial charge in [0.05, 0.1) is 5.69 Å². The number of thiophene rings is 1. The molecule has 2 bridgehead atoms. The summed E-state index contributed by atoms with van der Waals surface area (Å²) in [5.74, 6) is -2.32. The molecule has 4 rings (SSSR count). The Labute approximate surface area is 187 Å². The first-order valence-electron chi connectivity index (χ1n) is 10.2. The molecule has 32 heavy (non-hydrogen) atoms. The number of aliphatic carboxylic acids is 1. The van der Waals surface area contributed by atoms with E-state index in [0.717, 1.165) is 35.2 Å². The highest BCUT2D eigenvalue weighted by Gasteiger charge is 2.38. The van der Waals surface area contributed by atoms with E-state index in [9.17, 15) is 23.1 Å². The maximum Gasteiger partial charge on any atom is 0.490 e. The Balaban J connectivity index is 0.000000360. The molecule has 0 saturated carbocycles. The summed E-state index contributed by atoms with van der Waals surface area (Å²) in [5.41, 5.74) is 4.00. The molecule has 0 radical (unpaired) electrons. The van der Waals surface area contributed by atoms with Crippen LogP contribution in [0.1, 0.15) is 31.2 Å². The summed E-state index contributed by atoms with van der Waals surface area (Å²) in [6.45, 7) is 2.61. The molecule has 0 unspecified atom stereocenters. The van der Waals surface area contributed by atoms with Crippen LogP contribution in [0.2, 0.25) is 0 Å². The zero-order chi connectivity index (χ0) is 23.5. The third kappa shape index (κ3) is 6.01. The summed E-state index contributed by atoms with van der Waals surface area (Å²) < 4.78 is 31.7. The number of hydrogen-bond acceptors (Lipinski definition) is 4. The van der Waals surface area contributed by atoms with Crippen molar-refractivity contribution in [1.29, 1.82) is 0 Å². The summed E-state index contributed by atoms with van der Waals surface area (Å²) in [7, 11) is 0. The normalized spacial score (nSPS) is 22.1. The zero-order valence-electron chi connectivity index (χ0n) is 17.4. The van der Waals surface area contributed by atoms with Crippen LogP contribution in [-0.4, -0.2) is 47.1 Å². The Morgan fingerprint density at radius 2 is 1.78 bits per heavy atom. The Bertz CT molecular complexity index is 937. The molecule has 3 atom stereocenters. The number of carboxylic acids is 1. The summed E-state index contributed by atoms with van der Waals surface area (Å²) in [5, 5.41) is 24.8. The quantitative estimate of drug-likeness (QED) is 0.559. The molecular weight excluding hydrogens is 445 g/mol. The van der Waals surface area contributed by atoms with E-state index < -0.39 is 18.2 Å². The summed E-state index contributed by atoms with van der Waals surface area (Å²) >= 11 is 1.64. The van der Waals surface area contributed by atoms with Gasteiger partial charge in [0.2, 0.25) is 0 Å². The molecule has 2 aromatic rings. The van der Waals surface area contributed by atoms with Crippen molar-refractivity contribution in [3.8, 4) is 11.1 Å². The Hall–Kier alpha value is -2.59. The highest BCUT2D eigenvalue weighted by Crippen LogP contribution is 2.36. The Morgan fingerprint density at radius 3 is 2.28 bits per heavy atom. The van der Waals surface area contributed by atoms with Crippen molar-refractivity contribution in [2.75, 3.05) is 11.4 Å². The van der Waals surface area contributed by atoms with Gasteiger partial charge in [-0.2, -0.15) is 24.5 Å². The summed E-state index contributed by atoms with van der Waals surface area (Å²) in [6, 6.07) is 9.33. The van der Waals surface area contributed by atoms with E-state index in [1.165, 1.54) is 12.8 Å². The molecule has 6 nitrogen and oxygen atoms in total. The van der Waals surface area contributed by atoms with Crippen molar-refractivity contribution >= 4 is 29.1 Å². The van der Waals surface area contributed by atoms with Crippen molar-refractivity contribution in [3.05, 3.63) is 40.6 Å². The Morgan fingerprint density at radius 1 is 1.16 bits per heavy atom. The van der Waals surface area contributed by atoms with Crippen molar-refractivity contribution < 1.29 is 33.0 Å². The zero-order valence-corrected chi connectivity index (χ0v) is 18.2. The SMILES string of the molecule is Cc1ccc(-c2ccsc2)c(N(C[C@H]2C[C@H]3CC[C@@H](C2)N3)C(=O)O)c1.O=C(O)C(F)(F)F. The van der Waals surface area contributed by atoms with Crippen LogP contribution in [0, 0.1) is 12.8 Å². The molecule has 2 aliphatic rings. The molecule has 174 valence electrons. The first kappa shape index (κ1) is 24.1. The number of halogens is 3. The van der Waals surface area contributed by atoms with Gasteiger partial charge in [-0.1, -0.05) is 12.1 Å². The van der Waals surface area contributed by atoms with Crippen LogP contribution in [0.3, 0.4) is 0 Å². The van der Waals surface area contributed by atoms with Crippen molar-refractivity contribution in [2.45, 2.75) is 50.9 Å². The minimum absolute atomic E-state index is 0.436. The molecule has 3 N–H and O–H groups in total. The fraction of sp³-hybridized carbons (Fsp3) is 0.455. The minimum atomic E-state index is -5.08. The molecule has 3 heterocycles. The molecule has 2 fully saturated rings. The largest absolute Gasteiger partial charge is 0.490 e. The lowest BCUT2D eigenvalue weighted by molar-refractivity contribution is -0.192. The van der Waals surface area contributed by atoms with Crippen LogP contribution in [0.25, 0.3) is 11.1 Å². The molecule has 1 aromatic heterocycles. The molecule has 1 aromatic carbocycles. The van der Waals surface area contributed by atoms with Crippen molar-refractivity contribution in [1.82, 2.24) is 5.32 Å². The second-order valence-electron chi connectivity index (χ2n) is 8.20. The number of benzene rings is 1. The first-order valence-corrected chi connectivity index (χ1v) is 11.2. The van der Waals surface area contributed by atoms with E-state index >= 15 is 0 Å². The van der Waals surface area contributed by atoms with Crippen LogP contribution in [-0.2, 0) is 4.79 Å². The predicted octanol–water partition coefficient (Wildman–Crippen LogP) is 5.37. The minimum Gasteiger partial charge on any atom is -0.475 e. The number of nitrogens with zero attached hydrogens (tertiary/aromatic N) is 1. The number of fused-ring (bicyclic) bond motifs is 2. The van der Waals surface area contributed by atoms with Gasteiger partial charge in [-0.3, -0.25) is 4.90 Å². The lowest BCUT2D eigenvalue weighted by Gasteiger charge is -2.33. The smallest absolute Gasteiger partial charge is 0.475 e. The molecule has 10 heteroatoms. The Kier molecular flexibility index (Phi) is 7.45. The number of carboxylic acid groups (broad SMARTS) is 2. The fourth-order valence-corrected chi connectivity index (χ4v) is 5.04. The van der Waals surface area contributed by atoms with Gasteiger partial charge in [-0.25, -0.2) is 9.59 Å². The molecule has 1 amide bonds. The topological polar surface area (TPSA) is 89.9 Å². The standard InChI is InChI=1S/C20H24N2O2S.C2HF3O2/c1-13-2-5-18(15-6-7-25-12-15)19(8-13)22(20(23)24)11-14-9-16-3-4-17(10-14)21-16;3-2(4,5)1(6)7/h2,5-8,12,14,16-17,21H,3-4,9-11H2,1H3,(H,23,24);(H,6,7)/t14-,16+,17-;. The number of nitrogens with one attached hydrogen (secondary N) is 1. The number of carbonyl (C=O) groups is 2. The lowest BCUT2D eigenvalue weighted by atomic mass is 9.91. The van der Waals surface area contributed by atoms with Crippen molar-refractivity contribution in [3.63, 3.8) is 0 Å². The van der Waals surface area contributed by atoms with E-state index in [-0.39, 0.29) is 0 Å². The number of aryl methyl sites for hydroxylation is 1. The summed E-state index contributed by atoms with van der Waals surface area (Å²) in [4.78, 5) is 22.6. The van der Waals surface area contributed by atoms with Crippen LogP contribution < -0.4 is 10.2 Å². The van der Waals surface area contributed by atoms with Gasteiger partial charge in [0.1, 0.15) is 0 Å². The van der Waals surface area contributed by atoms with Gasteiger partial charge in [0, 0.05) is 24.2 Å². The van der Waals surface area contributed by atoms with E-state index in [0.29, 0.717) is 24.5 Å². The van der Waals surface area contributed by atoms with Gasteiger partial charge in [-0.05, 0) is 72.5 Å².